The maximum atomic E-state index is 11.7. The predicted octanol–water partition coefficient (Wildman–Crippen LogP) is 1.92. The minimum atomic E-state index is -4.69. The van der Waals surface area contributed by atoms with Gasteiger partial charge in [-0.15, -0.1) is 0 Å². The second-order valence-electron chi connectivity index (χ2n) is 2.80. The highest BCUT2D eigenvalue weighted by atomic mass is 32.2. The molecule has 0 aliphatic heterocycles. The zero-order valence-corrected chi connectivity index (χ0v) is 8.68. The Kier molecular flexibility index (Phi) is 3.76. The summed E-state index contributed by atoms with van der Waals surface area (Å²) >= 11 is 0. The molecule has 0 bridgehead atoms. The number of para-hydroxylation sites is 1. The SMILES string of the molecule is O=S(=O)(Nc1ccccc1)OCC(F)(F)F. The molecule has 0 heterocycles. The minimum absolute atomic E-state index is 0.129. The van der Waals surface area contributed by atoms with Crippen LogP contribution >= 0.6 is 0 Å². The monoisotopic (exact) mass is 255 g/mol. The van der Waals surface area contributed by atoms with Crippen molar-refractivity contribution >= 4 is 16.0 Å². The highest BCUT2D eigenvalue weighted by Gasteiger charge is 2.30. The lowest BCUT2D eigenvalue weighted by molar-refractivity contribution is -0.152. The number of anilines is 1. The number of rotatable bonds is 4. The lowest BCUT2D eigenvalue weighted by Crippen LogP contribution is -2.24. The van der Waals surface area contributed by atoms with E-state index in [2.05, 4.69) is 4.18 Å². The minimum Gasteiger partial charge on any atom is -0.261 e. The molecule has 0 saturated heterocycles. The van der Waals surface area contributed by atoms with Crippen molar-refractivity contribution in [2.75, 3.05) is 11.3 Å². The van der Waals surface area contributed by atoms with Crippen molar-refractivity contribution < 1.29 is 25.8 Å². The van der Waals surface area contributed by atoms with Crippen molar-refractivity contribution in [3.8, 4) is 0 Å². The smallest absolute Gasteiger partial charge is 0.261 e. The summed E-state index contributed by atoms with van der Waals surface area (Å²) in [6, 6.07) is 7.46. The van der Waals surface area contributed by atoms with Gasteiger partial charge >= 0.3 is 16.5 Å². The molecule has 16 heavy (non-hydrogen) atoms. The van der Waals surface area contributed by atoms with Crippen molar-refractivity contribution in [3.63, 3.8) is 0 Å². The number of benzene rings is 1. The van der Waals surface area contributed by atoms with E-state index in [1.807, 2.05) is 4.72 Å². The number of hydrogen-bond donors (Lipinski definition) is 1. The van der Waals surface area contributed by atoms with Gasteiger partial charge in [-0.05, 0) is 12.1 Å². The first-order valence-electron chi connectivity index (χ1n) is 4.07. The lowest BCUT2D eigenvalue weighted by Gasteiger charge is -2.09. The first-order valence-corrected chi connectivity index (χ1v) is 5.48. The van der Waals surface area contributed by atoms with E-state index < -0.39 is 23.1 Å². The van der Waals surface area contributed by atoms with Gasteiger partial charge in [0, 0.05) is 0 Å². The van der Waals surface area contributed by atoms with E-state index in [4.69, 9.17) is 0 Å². The number of alkyl halides is 3. The van der Waals surface area contributed by atoms with Gasteiger partial charge in [-0.3, -0.25) is 4.72 Å². The third-order valence-corrected chi connectivity index (χ3v) is 2.31. The first-order chi connectivity index (χ1) is 7.29. The molecule has 0 aliphatic rings. The van der Waals surface area contributed by atoms with Crippen LogP contribution < -0.4 is 4.72 Å². The summed E-state index contributed by atoms with van der Waals surface area (Å²) in [4.78, 5) is 0. The summed E-state index contributed by atoms with van der Waals surface area (Å²) < 4.78 is 62.7. The molecular formula is C8H8F3NO3S. The van der Waals surface area contributed by atoms with Crippen LogP contribution in [0.3, 0.4) is 0 Å². The Hall–Kier alpha value is -1.28. The molecule has 1 rings (SSSR count). The average Bonchev–Trinajstić information content (AvgIpc) is 2.15. The van der Waals surface area contributed by atoms with Gasteiger partial charge in [0.2, 0.25) is 0 Å². The Morgan fingerprint density at radius 3 is 2.25 bits per heavy atom. The van der Waals surface area contributed by atoms with Crippen LogP contribution in [-0.2, 0) is 14.5 Å². The molecule has 90 valence electrons. The second kappa shape index (κ2) is 4.71. The number of hydrogen-bond acceptors (Lipinski definition) is 3. The van der Waals surface area contributed by atoms with Gasteiger partial charge in [0.15, 0.2) is 6.61 Å². The van der Waals surface area contributed by atoms with E-state index in [0.29, 0.717) is 0 Å². The fourth-order valence-corrected chi connectivity index (χ4v) is 1.60. The maximum absolute atomic E-state index is 11.7. The molecule has 1 N–H and O–H groups in total. The highest BCUT2D eigenvalue weighted by molar-refractivity contribution is 7.88. The standard InChI is InChI=1S/C8H8F3NO3S/c9-8(10,11)6-15-16(13,14)12-7-4-2-1-3-5-7/h1-5,12H,6H2. The normalized spacial score (nSPS) is 12.4. The Bertz CT molecular complexity index is 430. The van der Waals surface area contributed by atoms with Gasteiger partial charge in [-0.25, -0.2) is 4.18 Å². The van der Waals surface area contributed by atoms with Gasteiger partial charge in [-0.1, -0.05) is 18.2 Å². The largest absolute Gasteiger partial charge is 0.413 e. The fraction of sp³-hybridized carbons (Fsp3) is 0.250. The Labute approximate surface area is 90.3 Å². The van der Waals surface area contributed by atoms with E-state index in [-0.39, 0.29) is 5.69 Å². The van der Waals surface area contributed by atoms with Gasteiger partial charge in [0.25, 0.3) is 0 Å². The fourth-order valence-electron chi connectivity index (χ4n) is 0.824. The third-order valence-electron chi connectivity index (χ3n) is 1.39. The summed E-state index contributed by atoms with van der Waals surface area (Å²) in [6.45, 7) is -1.85. The summed E-state index contributed by atoms with van der Waals surface area (Å²) in [6.07, 6.45) is -4.69. The lowest BCUT2D eigenvalue weighted by atomic mass is 10.3. The second-order valence-corrected chi connectivity index (χ2v) is 4.15. The van der Waals surface area contributed by atoms with Crippen LogP contribution in [0.5, 0.6) is 0 Å². The van der Waals surface area contributed by atoms with Crippen molar-refractivity contribution in [3.05, 3.63) is 30.3 Å². The molecule has 0 spiro atoms. The van der Waals surface area contributed by atoms with Gasteiger partial charge in [-0.2, -0.15) is 21.6 Å². The van der Waals surface area contributed by atoms with Gasteiger partial charge in [0.05, 0.1) is 5.69 Å². The van der Waals surface area contributed by atoms with Crippen molar-refractivity contribution in [2.24, 2.45) is 0 Å². The van der Waals surface area contributed by atoms with Gasteiger partial charge in [0.1, 0.15) is 0 Å². The van der Waals surface area contributed by atoms with Crippen LogP contribution in [0.2, 0.25) is 0 Å². The van der Waals surface area contributed by atoms with E-state index >= 15 is 0 Å². The molecule has 0 amide bonds. The third kappa shape index (κ3) is 4.99. The summed E-state index contributed by atoms with van der Waals surface area (Å²) in [5.74, 6) is 0. The molecule has 0 atom stereocenters. The van der Waals surface area contributed by atoms with Crippen molar-refractivity contribution in [1.82, 2.24) is 0 Å². The highest BCUT2D eigenvalue weighted by Crippen LogP contribution is 2.16. The van der Waals surface area contributed by atoms with Gasteiger partial charge < -0.3 is 0 Å². The molecule has 0 unspecified atom stereocenters. The zero-order valence-electron chi connectivity index (χ0n) is 7.86. The Balaban J connectivity index is 2.60. The van der Waals surface area contributed by atoms with E-state index in [1.54, 1.807) is 6.07 Å². The summed E-state index contributed by atoms with van der Waals surface area (Å²) in [5.41, 5.74) is 0.129. The van der Waals surface area contributed by atoms with E-state index in [0.717, 1.165) is 0 Å². The van der Waals surface area contributed by atoms with Crippen LogP contribution in [-0.4, -0.2) is 21.2 Å². The average molecular weight is 255 g/mol. The predicted molar refractivity (Wildman–Crippen MR) is 51.0 cm³/mol. The number of halogens is 3. The van der Waals surface area contributed by atoms with Crippen LogP contribution in [0.4, 0.5) is 18.9 Å². The summed E-state index contributed by atoms with van der Waals surface area (Å²) in [7, 11) is -4.44. The molecule has 4 nitrogen and oxygen atoms in total. The summed E-state index contributed by atoms with van der Waals surface area (Å²) in [5, 5.41) is 0. The van der Waals surface area contributed by atoms with E-state index in [1.165, 1.54) is 24.3 Å². The maximum Gasteiger partial charge on any atom is 0.413 e. The molecule has 1 aromatic carbocycles. The van der Waals surface area contributed by atoms with Crippen LogP contribution in [0.25, 0.3) is 0 Å². The van der Waals surface area contributed by atoms with Crippen molar-refractivity contribution in [2.45, 2.75) is 6.18 Å². The molecule has 0 saturated carbocycles. The molecule has 0 aromatic heterocycles. The molecule has 8 heteroatoms. The Morgan fingerprint density at radius 1 is 1.19 bits per heavy atom. The quantitative estimate of drug-likeness (QED) is 0.894. The molecule has 0 fully saturated rings. The van der Waals surface area contributed by atoms with Crippen molar-refractivity contribution in [1.29, 1.82) is 0 Å². The zero-order chi connectivity index (χ0) is 12.2. The first kappa shape index (κ1) is 12.8. The molecule has 1 aromatic rings. The molecule has 0 radical (unpaired) electrons. The van der Waals surface area contributed by atoms with Crippen LogP contribution in [0, 0.1) is 0 Å². The topological polar surface area (TPSA) is 55.4 Å². The van der Waals surface area contributed by atoms with Crippen LogP contribution in [0.15, 0.2) is 30.3 Å². The number of nitrogens with one attached hydrogen (secondary N) is 1. The molecule has 0 aliphatic carbocycles. The Morgan fingerprint density at radius 2 is 1.75 bits per heavy atom. The van der Waals surface area contributed by atoms with Crippen LogP contribution in [0.1, 0.15) is 0 Å². The van der Waals surface area contributed by atoms with E-state index in [9.17, 15) is 21.6 Å². The molecular weight excluding hydrogens is 247 g/mol.